The van der Waals surface area contributed by atoms with E-state index in [1.807, 2.05) is 18.2 Å². The fourth-order valence-electron chi connectivity index (χ4n) is 2.86. The van der Waals surface area contributed by atoms with Gasteiger partial charge in [0.1, 0.15) is 0 Å². The number of benzene rings is 1. The van der Waals surface area contributed by atoms with Gasteiger partial charge in [0.15, 0.2) is 11.5 Å². The number of hydrogen-bond donors (Lipinski definition) is 1. The Morgan fingerprint density at radius 2 is 1.83 bits per heavy atom. The molecule has 128 valence electrons. The molecule has 1 N–H and O–H groups in total. The molecule has 1 saturated carbocycles. The summed E-state index contributed by atoms with van der Waals surface area (Å²) < 4.78 is 11.5. The summed E-state index contributed by atoms with van der Waals surface area (Å²) in [5.74, 6) is 1.51. The standard InChI is InChI=1S/C18H20Cl2N2O2/c1-23-17-7-6-12(8-18(17)24-13-4-2-3-5-13)22-9-14-15(19)10-21-11-16(14)20/h6-8,10-11,13,22H,2-5,9H2,1H3. The van der Waals surface area contributed by atoms with Crippen molar-refractivity contribution >= 4 is 28.9 Å². The minimum atomic E-state index is 0.276. The van der Waals surface area contributed by atoms with Crippen molar-refractivity contribution in [2.75, 3.05) is 12.4 Å². The molecule has 24 heavy (non-hydrogen) atoms. The molecular formula is C18H20Cl2N2O2. The van der Waals surface area contributed by atoms with E-state index < -0.39 is 0 Å². The Balaban J connectivity index is 1.73. The predicted molar refractivity (Wildman–Crippen MR) is 97.5 cm³/mol. The van der Waals surface area contributed by atoms with E-state index in [-0.39, 0.29) is 6.10 Å². The number of aromatic nitrogens is 1. The lowest BCUT2D eigenvalue weighted by molar-refractivity contribution is 0.201. The normalized spacial score (nSPS) is 14.6. The molecule has 0 amide bonds. The van der Waals surface area contributed by atoms with Crippen molar-refractivity contribution in [3.8, 4) is 11.5 Å². The zero-order chi connectivity index (χ0) is 16.9. The number of halogens is 2. The summed E-state index contributed by atoms with van der Waals surface area (Å²) >= 11 is 12.3. The van der Waals surface area contributed by atoms with Gasteiger partial charge >= 0.3 is 0 Å². The summed E-state index contributed by atoms with van der Waals surface area (Å²) in [6, 6.07) is 5.81. The molecule has 1 fully saturated rings. The number of rotatable bonds is 6. The van der Waals surface area contributed by atoms with Gasteiger partial charge < -0.3 is 14.8 Å². The van der Waals surface area contributed by atoms with E-state index in [0.29, 0.717) is 16.6 Å². The third-order valence-corrected chi connectivity index (χ3v) is 4.83. The van der Waals surface area contributed by atoms with E-state index in [1.54, 1.807) is 19.5 Å². The van der Waals surface area contributed by atoms with Crippen molar-refractivity contribution in [3.05, 3.63) is 46.2 Å². The lowest BCUT2D eigenvalue weighted by Crippen LogP contribution is -2.12. The summed E-state index contributed by atoms with van der Waals surface area (Å²) in [4.78, 5) is 3.97. The molecule has 0 spiro atoms. The molecule has 1 aliphatic carbocycles. The van der Waals surface area contributed by atoms with Crippen LogP contribution in [0.5, 0.6) is 11.5 Å². The van der Waals surface area contributed by atoms with Crippen molar-refractivity contribution in [1.82, 2.24) is 4.98 Å². The molecule has 0 unspecified atom stereocenters. The summed E-state index contributed by atoms with van der Waals surface area (Å²) in [6.07, 6.45) is 8.11. The average Bonchev–Trinajstić information content (AvgIpc) is 3.08. The SMILES string of the molecule is COc1ccc(NCc2c(Cl)cncc2Cl)cc1OC1CCCC1. The third-order valence-electron chi connectivity index (χ3n) is 4.18. The Kier molecular flexibility index (Phi) is 5.69. The Labute approximate surface area is 152 Å². The molecule has 0 bridgehead atoms. The zero-order valence-corrected chi connectivity index (χ0v) is 15.0. The van der Waals surface area contributed by atoms with Gasteiger partial charge in [-0.1, -0.05) is 23.2 Å². The first kappa shape index (κ1) is 17.2. The van der Waals surface area contributed by atoms with Crippen LogP contribution in [0.25, 0.3) is 0 Å². The molecule has 0 aliphatic heterocycles. The fraction of sp³-hybridized carbons (Fsp3) is 0.389. The Morgan fingerprint density at radius 3 is 2.50 bits per heavy atom. The number of methoxy groups -OCH3 is 1. The first-order valence-corrected chi connectivity index (χ1v) is 8.79. The highest BCUT2D eigenvalue weighted by atomic mass is 35.5. The molecule has 1 aromatic carbocycles. The average molecular weight is 367 g/mol. The molecule has 2 aromatic rings. The third kappa shape index (κ3) is 4.05. The second-order valence-corrected chi connectivity index (χ2v) is 6.64. The first-order chi connectivity index (χ1) is 11.7. The molecule has 3 rings (SSSR count). The van der Waals surface area contributed by atoms with Crippen LogP contribution in [0.15, 0.2) is 30.6 Å². The van der Waals surface area contributed by atoms with E-state index in [9.17, 15) is 0 Å². The van der Waals surface area contributed by atoms with Crippen LogP contribution in [-0.2, 0) is 6.54 Å². The topological polar surface area (TPSA) is 43.4 Å². The van der Waals surface area contributed by atoms with E-state index in [2.05, 4.69) is 10.3 Å². The molecule has 0 atom stereocenters. The van der Waals surface area contributed by atoms with Crippen LogP contribution in [0.3, 0.4) is 0 Å². The largest absolute Gasteiger partial charge is 0.493 e. The first-order valence-electron chi connectivity index (χ1n) is 8.04. The summed E-state index contributed by atoms with van der Waals surface area (Å²) in [5, 5.41) is 4.42. The Hall–Kier alpha value is -1.65. The van der Waals surface area contributed by atoms with Crippen LogP contribution in [0.2, 0.25) is 10.0 Å². The summed E-state index contributed by atoms with van der Waals surface area (Å²) in [6.45, 7) is 0.509. The number of nitrogens with zero attached hydrogens (tertiary/aromatic N) is 1. The maximum Gasteiger partial charge on any atom is 0.163 e. The summed E-state index contributed by atoms with van der Waals surface area (Å²) in [7, 11) is 1.65. The Bertz CT molecular complexity index is 683. The van der Waals surface area contributed by atoms with Crippen LogP contribution < -0.4 is 14.8 Å². The smallest absolute Gasteiger partial charge is 0.163 e. The molecule has 0 radical (unpaired) electrons. The van der Waals surface area contributed by atoms with Gasteiger partial charge in [-0.15, -0.1) is 0 Å². The molecule has 4 nitrogen and oxygen atoms in total. The second kappa shape index (κ2) is 7.95. The molecule has 0 saturated heterocycles. The minimum Gasteiger partial charge on any atom is -0.493 e. The highest BCUT2D eigenvalue weighted by molar-refractivity contribution is 6.35. The number of hydrogen-bond acceptors (Lipinski definition) is 4. The van der Waals surface area contributed by atoms with E-state index in [4.69, 9.17) is 32.7 Å². The minimum absolute atomic E-state index is 0.276. The summed E-state index contributed by atoms with van der Waals surface area (Å²) in [5.41, 5.74) is 1.75. The highest BCUT2D eigenvalue weighted by Crippen LogP contribution is 2.34. The van der Waals surface area contributed by atoms with Gasteiger partial charge in [0, 0.05) is 36.3 Å². The quantitative estimate of drug-likeness (QED) is 0.749. The maximum atomic E-state index is 6.16. The zero-order valence-electron chi connectivity index (χ0n) is 13.5. The maximum absolute atomic E-state index is 6.16. The van der Waals surface area contributed by atoms with Crippen LogP contribution in [0, 0.1) is 0 Å². The van der Waals surface area contributed by atoms with Gasteiger partial charge in [0.25, 0.3) is 0 Å². The van der Waals surface area contributed by atoms with Crippen molar-refractivity contribution in [3.63, 3.8) is 0 Å². The lowest BCUT2D eigenvalue weighted by atomic mass is 10.2. The van der Waals surface area contributed by atoms with Gasteiger partial charge in [-0.3, -0.25) is 4.98 Å². The van der Waals surface area contributed by atoms with Gasteiger partial charge in [0.05, 0.1) is 23.3 Å². The van der Waals surface area contributed by atoms with Crippen molar-refractivity contribution in [2.45, 2.75) is 38.3 Å². The molecule has 1 aliphatic rings. The molecule has 6 heteroatoms. The van der Waals surface area contributed by atoms with Crippen molar-refractivity contribution < 1.29 is 9.47 Å². The van der Waals surface area contributed by atoms with E-state index >= 15 is 0 Å². The van der Waals surface area contributed by atoms with Gasteiger partial charge in [0.2, 0.25) is 0 Å². The van der Waals surface area contributed by atoms with E-state index in [0.717, 1.165) is 35.6 Å². The van der Waals surface area contributed by atoms with Crippen molar-refractivity contribution in [1.29, 1.82) is 0 Å². The lowest BCUT2D eigenvalue weighted by Gasteiger charge is -2.17. The molecule has 1 heterocycles. The number of anilines is 1. The van der Waals surface area contributed by atoms with E-state index in [1.165, 1.54) is 12.8 Å². The van der Waals surface area contributed by atoms with Crippen LogP contribution in [0.1, 0.15) is 31.2 Å². The van der Waals surface area contributed by atoms with Crippen LogP contribution >= 0.6 is 23.2 Å². The monoisotopic (exact) mass is 366 g/mol. The number of ether oxygens (including phenoxy) is 2. The second-order valence-electron chi connectivity index (χ2n) is 5.83. The Morgan fingerprint density at radius 1 is 1.12 bits per heavy atom. The number of nitrogens with one attached hydrogen (secondary N) is 1. The van der Waals surface area contributed by atoms with Gasteiger partial charge in [-0.25, -0.2) is 0 Å². The highest BCUT2D eigenvalue weighted by Gasteiger charge is 2.18. The van der Waals surface area contributed by atoms with Gasteiger partial charge in [-0.05, 0) is 37.8 Å². The molecular weight excluding hydrogens is 347 g/mol. The van der Waals surface area contributed by atoms with Gasteiger partial charge in [-0.2, -0.15) is 0 Å². The predicted octanol–water partition coefficient (Wildman–Crippen LogP) is 5.33. The van der Waals surface area contributed by atoms with Crippen LogP contribution in [-0.4, -0.2) is 18.2 Å². The number of pyridine rings is 1. The fourth-order valence-corrected chi connectivity index (χ4v) is 3.36. The van der Waals surface area contributed by atoms with Crippen molar-refractivity contribution in [2.24, 2.45) is 0 Å². The molecule has 1 aromatic heterocycles. The van der Waals surface area contributed by atoms with Crippen LogP contribution in [0.4, 0.5) is 5.69 Å².